The molecule has 0 amide bonds. The van der Waals surface area contributed by atoms with E-state index >= 15 is 0 Å². The van der Waals surface area contributed by atoms with Crippen molar-refractivity contribution in [1.29, 1.82) is 0 Å². The third-order valence-electron chi connectivity index (χ3n) is 2.67. The number of rotatable bonds is 6. The third kappa shape index (κ3) is 4.78. The first-order valence-corrected chi connectivity index (χ1v) is 6.35. The van der Waals surface area contributed by atoms with Crippen LogP contribution in [-0.4, -0.2) is 19.3 Å². The fourth-order valence-corrected chi connectivity index (χ4v) is 1.57. The Bertz CT molecular complexity index is 343. The predicted octanol–water partition coefficient (Wildman–Crippen LogP) is 3.92. The summed E-state index contributed by atoms with van der Waals surface area (Å²) in [5.74, 6) is 1.51. The first kappa shape index (κ1) is 14.0. The highest BCUT2D eigenvalue weighted by molar-refractivity contribution is 5.37. The second kappa shape index (κ2) is 6.65. The van der Waals surface area contributed by atoms with Crippen molar-refractivity contribution in [2.75, 3.05) is 13.2 Å². The van der Waals surface area contributed by atoms with Crippen LogP contribution in [-0.2, 0) is 4.74 Å². The van der Waals surface area contributed by atoms with Crippen molar-refractivity contribution in [1.82, 2.24) is 0 Å². The SMILES string of the molecule is Cc1ccc(C(C)C)cc1OCCOC(C)C. The molecular formula is C15H24O2. The summed E-state index contributed by atoms with van der Waals surface area (Å²) in [7, 11) is 0. The minimum absolute atomic E-state index is 0.265. The van der Waals surface area contributed by atoms with Crippen molar-refractivity contribution in [3.63, 3.8) is 0 Å². The summed E-state index contributed by atoms with van der Waals surface area (Å²) in [5, 5.41) is 0. The molecule has 0 heterocycles. The van der Waals surface area contributed by atoms with Crippen LogP contribution in [0.25, 0.3) is 0 Å². The highest BCUT2D eigenvalue weighted by atomic mass is 16.5. The van der Waals surface area contributed by atoms with Crippen LogP contribution in [0, 0.1) is 6.92 Å². The third-order valence-corrected chi connectivity index (χ3v) is 2.67. The van der Waals surface area contributed by atoms with Crippen LogP contribution in [0.1, 0.15) is 44.7 Å². The molecule has 0 radical (unpaired) electrons. The molecule has 0 fully saturated rings. The van der Waals surface area contributed by atoms with E-state index in [0.717, 1.165) is 5.75 Å². The summed E-state index contributed by atoms with van der Waals surface area (Å²) in [4.78, 5) is 0. The lowest BCUT2D eigenvalue weighted by atomic mass is 10.0. The number of ether oxygens (including phenoxy) is 2. The zero-order valence-electron chi connectivity index (χ0n) is 11.6. The van der Waals surface area contributed by atoms with E-state index in [4.69, 9.17) is 9.47 Å². The van der Waals surface area contributed by atoms with Crippen LogP contribution in [0.4, 0.5) is 0 Å². The number of benzene rings is 1. The Balaban J connectivity index is 2.54. The zero-order valence-corrected chi connectivity index (χ0v) is 11.6. The normalized spacial score (nSPS) is 11.2. The molecule has 0 spiro atoms. The summed E-state index contributed by atoms with van der Waals surface area (Å²) in [6.07, 6.45) is 0.265. The van der Waals surface area contributed by atoms with E-state index in [1.54, 1.807) is 0 Å². The molecule has 0 N–H and O–H groups in total. The minimum atomic E-state index is 0.265. The lowest BCUT2D eigenvalue weighted by Crippen LogP contribution is -2.11. The summed E-state index contributed by atoms with van der Waals surface area (Å²) < 4.78 is 11.2. The van der Waals surface area contributed by atoms with Gasteiger partial charge in [0.05, 0.1) is 12.7 Å². The molecule has 0 aromatic heterocycles. The van der Waals surface area contributed by atoms with Crippen LogP contribution < -0.4 is 4.74 Å². The smallest absolute Gasteiger partial charge is 0.122 e. The number of aryl methyl sites for hydroxylation is 1. The molecule has 1 rings (SSSR count). The van der Waals surface area contributed by atoms with Gasteiger partial charge in [-0.2, -0.15) is 0 Å². The Hall–Kier alpha value is -1.02. The maximum absolute atomic E-state index is 5.75. The lowest BCUT2D eigenvalue weighted by Gasteiger charge is -2.13. The number of hydrogen-bond donors (Lipinski definition) is 0. The van der Waals surface area contributed by atoms with Gasteiger partial charge in [0.25, 0.3) is 0 Å². The predicted molar refractivity (Wildman–Crippen MR) is 71.9 cm³/mol. The van der Waals surface area contributed by atoms with E-state index in [1.165, 1.54) is 11.1 Å². The van der Waals surface area contributed by atoms with Crippen LogP contribution >= 0.6 is 0 Å². The Morgan fingerprint density at radius 2 is 1.76 bits per heavy atom. The highest BCUT2D eigenvalue weighted by Gasteiger charge is 2.04. The second-order valence-corrected chi connectivity index (χ2v) is 4.95. The van der Waals surface area contributed by atoms with Gasteiger partial charge in [0.2, 0.25) is 0 Å². The van der Waals surface area contributed by atoms with Gasteiger partial charge in [-0.3, -0.25) is 0 Å². The van der Waals surface area contributed by atoms with Crippen LogP contribution in [0.5, 0.6) is 5.75 Å². The molecule has 2 nitrogen and oxygen atoms in total. The topological polar surface area (TPSA) is 18.5 Å². The van der Waals surface area contributed by atoms with Crippen molar-refractivity contribution >= 4 is 0 Å². The van der Waals surface area contributed by atoms with Crippen molar-refractivity contribution in [3.8, 4) is 5.75 Å². The molecule has 96 valence electrons. The lowest BCUT2D eigenvalue weighted by molar-refractivity contribution is 0.0551. The van der Waals surface area contributed by atoms with Crippen molar-refractivity contribution in [2.24, 2.45) is 0 Å². The number of hydrogen-bond acceptors (Lipinski definition) is 2. The average Bonchev–Trinajstić information content (AvgIpc) is 2.25. The Morgan fingerprint density at radius 1 is 1.06 bits per heavy atom. The molecule has 0 aliphatic carbocycles. The monoisotopic (exact) mass is 236 g/mol. The van der Waals surface area contributed by atoms with E-state index in [2.05, 4.69) is 39.0 Å². The minimum Gasteiger partial charge on any atom is -0.491 e. The quantitative estimate of drug-likeness (QED) is 0.697. The van der Waals surface area contributed by atoms with Crippen LogP contribution in [0.2, 0.25) is 0 Å². The maximum Gasteiger partial charge on any atom is 0.122 e. The van der Waals surface area contributed by atoms with Gasteiger partial charge in [-0.05, 0) is 43.9 Å². The maximum atomic E-state index is 5.75. The molecule has 1 aromatic rings. The summed E-state index contributed by atoms with van der Waals surface area (Å²) in [6.45, 7) is 11.8. The van der Waals surface area contributed by atoms with Gasteiger partial charge in [-0.25, -0.2) is 0 Å². The van der Waals surface area contributed by atoms with Gasteiger partial charge >= 0.3 is 0 Å². The van der Waals surface area contributed by atoms with Gasteiger partial charge in [0.1, 0.15) is 12.4 Å². The Kier molecular flexibility index (Phi) is 5.49. The summed E-state index contributed by atoms with van der Waals surface area (Å²) in [5.41, 5.74) is 2.49. The first-order chi connectivity index (χ1) is 8.00. The molecule has 0 saturated heterocycles. The van der Waals surface area contributed by atoms with E-state index in [0.29, 0.717) is 19.1 Å². The van der Waals surface area contributed by atoms with Gasteiger partial charge in [-0.1, -0.05) is 26.0 Å². The highest BCUT2D eigenvalue weighted by Crippen LogP contribution is 2.24. The molecule has 0 bridgehead atoms. The van der Waals surface area contributed by atoms with Crippen molar-refractivity contribution in [2.45, 2.75) is 46.6 Å². The summed E-state index contributed by atoms with van der Waals surface area (Å²) >= 11 is 0. The fourth-order valence-electron chi connectivity index (χ4n) is 1.57. The standard InChI is InChI=1S/C15H24O2/c1-11(2)14-7-6-13(5)15(10-14)17-9-8-16-12(3)4/h6-7,10-12H,8-9H2,1-5H3. The average molecular weight is 236 g/mol. The van der Waals surface area contributed by atoms with E-state index in [9.17, 15) is 0 Å². The van der Waals surface area contributed by atoms with Crippen LogP contribution in [0.15, 0.2) is 18.2 Å². The first-order valence-electron chi connectivity index (χ1n) is 6.35. The van der Waals surface area contributed by atoms with E-state index in [1.807, 2.05) is 13.8 Å². The van der Waals surface area contributed by atoms with Crippen molar-refractivity contribution in [3.05, 3.63) is 29.3 Å². The van der Waals surface area contributed by atoms with Gasteiger partial charge in [-0.15, -0.1) is 0 Å². The van der Waals surface area contributed by atoms with Gasteiger partial charge in [0, 0.05) is 0 Å². The Morgan fingerprint density at radius 3 is 2.35 bits per heavy atom. The summed E-state index contributed by atoms with van der Waals surface area (Å²) in [6, 6.07) is 6.42. The van der Waals surface area contributed by atoms with Crippen LogP contribution in [0.3, 0.4) is 0 Å². The van der Waals surface area contributed by atoms with Crippen molar-refractivity contribution < 1.29 is 9.47 Å². The fraction of sp³-hybridized carbons (Fsp3) is 0.600. The molecule has 17 heavy (non-hydrogen) atoms. The molecule has 1 aromatic carbocycles. The zero-order chi connectivity index (χ0) is 12.8. The van der Waals surface area contributed by atoms with E-state index in [-0.39, 0.29) is 6.10 Å². The second-order valence-electron chi connectivity index (χ2n) is 4.95. The Labute approximate surface area is 105 Å². The largest absolute Gasteiger partial charge is 0.491 e. The molecule has 0 unspecified atom stereocenters. The molecule has 0 aliphatic heterocycles. The van der Waals surface area contributed by atoms with E-state index < -0.39 is 0 Å². The van der Waals surface area contributed by atoms with Gasteiger partial charge < -0.3 is 9.47 Å². The molecule has 0 saturated carbocycles. The van der Waals surface area contributed by atoms with Gasteiger partial charge in [0.15, 0.2) is 0 Å². The molecule has 0 aliphatic rings. The molecule has 2 heteroatoms. The molecular weight excluding hydrogens is 212 g/mol. The molecule has 0 atom stereocenters.